The number of nitrogens with one attached hydrogen (secondary N) is 6. The van der Waals surface area contributed by atoms with Crippen LogP contribution < -0.4 is 54.8 Å². The number of rotatable bonds is 26. The topological polar surface area (TPSA) is 333 Å². The molecule has 6 unspecified atom stereocenters. The highest BCUT2D eigenvalue weighted by molar-refractivity contribution is 5.97. The van der Waals surface area contributed by atoms with Crippen molar-refractivity contribution in [2.75, 3.05) is 19.6 Å². The van der Waals surface area contributed by atoms with Gasteiger partial charge in [-0.1, -0.05) is 27.7 Å². The zero-order valence-electron chi connectivity index (χ0n) is 30.4. The van der Waals surface area contributed by atoms with Crippen molar-refractivity contribution in [1.82, 2.24) is 31.9 Å². The van der Waals surface area contributed by atoms with Gasteiger partial charge in [0, 0.05) is 0 Å². The summed E-state index contributed by atoms with van der Waals surface area (Å²) in [6.07, 6.45) is 2.00. The number of aliphatic carboxylic acids is 1. The first-order valence-corrected chi connectivity index (χ1v) is 17.3. The fourth-order valence-corrected chi connectivity index (χ4v) is 4.84. The van der Waals surface area contributed by atoms with Crippen molar-refractivity contribution < 1.29 is 43.5 Å². The summed E-state index contributed by atoms with van der Waals surface area (Å²) in [5, 5.41) is 23.6. The molecule has 51 heavy (non-hydrogen) atoms. The Morgan fingerprint density at radius 3 is 1.55 bits per heavy atom. The molecule has 0 aromatic carbocycles. The van der Waals surface area contributed by atoms with E-state index in [1.807, 2.05) is 19.2 Å². The third-order valence-corrected chi connectivity index (χ3v) is 7.67. The summed E-state index contributed by atoms with van der Waals surface area (Å²) in [4.78, 5) is 101. The van der Waals surface area contributed by atoms with Crippen LogP contribution >= 0.6 is 0 Å². The number of hydrogen-bond donors (Lipinski definition) is 11. The molecule has 6 atom stereocenters. The average molecular weight is 729 g/mol. The highest BCUT2D eigenvalue weighted by atomic mass is 16.4. The van der Waals surface area contributed by atoms with Crippen LogP contribution in [0, 0.1) is 11.8 Å². The number of hydrogen-bond acceptors (Lipinski definition) is 11. The number of primary amides is 1. The molecule has 0 bridgehead atoms. The van der Waals surface area contributed by atoms with Crippen molar-refractivity contribution in [3.63, 3.8) is 0 Å². The quantitative estimate of drug-likeness (QED) is 0.0392. The molecule has 0 heterocycles. The van der Waals surface area contributed by atoms with Crippen molar-refractivity contribution in [3.05, 3.63) is 0 Å². The number of carboxylic acid groups (broad SMARTS) is 1. The fraction of sp³-hybridized carbons (Fsp3) is 0.750. The lowest BCUT2D eigenvalue weighted by Crippen LogP contribution is -2.60. The van der Waals surface area contributed by atoms with Gasteiger partial charge in [-0.2, -0.15) is 0 Å². The highest BCUT2D eigenvalue weighted by Crippen LogP contribution is 2.10. The number of nitrogens with two attached hydrogens (primary N) is 4. The molecule has 19 nitrogen and oxygen atoms in total. The van der Waals surface area contributed by atoms with Gasteiger partial charge in [0.05, 0.1) is 12.5 Å². The van der Waals surface area contributed by atoms with Crippen LogP contribution in [0.1, 0.15) is 86.0 Å². The molecule has 292 valence electrons. The Morgan fingerprint density at radius 2 is 1.10 bits per heavy atom. The zero-order valence-corrected chi connectivity index (χ0v) is 30.4. The fourth-order valence-electron chi connectivity index (χ4n) is 4.84. The number of carboxylic acids is 1. The summed E-state index contributed by atoms with van der Waals surface area (Å²) in [6, 6.07) is -6.93. The summed E-state index contributed by atoms with van der Waals surface area (Å²) in [6.45, 7) is 8.47. The van der Waals surface area contributed by atoms with Gasteiger partial charge in [-0.25, -0.2) is 0 Å². The highest BCUT2D eigenvalue weighted by Gasteiger charge is 2.33. The first-order valence-electron chi connectivity index (χ1n) is 17.3. The van der Waals surface area contributed by atoms with Crippen molar-refractivity contribution in [2.45, 2.75) is 122 Å². The SMILES string of the molecule is CC(C)CC(N)C(=O)NC(C(=O)NC(CCCCN)C(=O)NC(CCCCN)C(=O)NC(C)C(=O)NC(CC(N)=O)C(=O)NCC(=O)O)C(C)C. The van der Waals surface area contributed by atoms with Gasteiger partial charge in [0.15, 0.2) is 0 Å². The molecule has 0 saturated carbocycles. The molecular weight excluding hydrogens is 668 g/mol. The average Bonchev–Trinajstić information content (AvgIpc) is 3.03. The second kappa shape index (κ2) is 24.7. The second-order valence-electron chi connectivity index (χ2n) is 13.2. The number of unbranched alkanes of at least 4 members (excludes halogenated alkanes) is 2. The largest absolute Gasteiger partial charge is 0.480 e. The standard InChI is InChI=1S/C32H60N10O9/c1-17(2)14-20(35)28(47)42-26(18(3)4)32(51)40-22(11-7-9-13-34)31(50)39-21(10-6-8-12-33)30(49)38-19(5)27(46)41-23(15-24(36)43)29(48)37-16-25(44)45/h17-23,26H,6-16,33-35H2,1-5H3,(H2,36,43)(H,37,48)(H,38,49)(H,39,50)(H,40,51)(H,41,46)(H,42,47)(H,44,45). The maximum Gasteiger partial charge on any atom is 0.322 e. The van der Waals surface area contributed by atoms with E-state index in [1.165, 1.54) is 6.92 Å². The van der Waals surface area contributed by atoms with Crippen LogP contribution in [-0.2, 0) is 38.4 Å². The maximum atomic E-state index is 13.6. The van der Waals surface area contributed by atoms with Crippen molar-refractivity contribution in [1.29, 1.82) is 0 Å². The van der Waals surface area contributed by atoms with E-state index in [-0.39, 0.29) is 24.7 Å². The van der Waals surface area contributed by atoms with Crippen molar-refractivity contribution >= 4 is 47.3 Å². The summed E-state index contributed by atoms with van der Waals surface area (Å²) in [5.41, 5.74) is 22.5. The summed E-state index contributed by atoms with van der Waals surface area (Å²) in [5.74, 6) is -6.95. The molecule has 0 aliphatic rings. The predicted molar refractivity (Wildman–Crippen MR) is 188 cm³/mol. The lowest BCUT2D eigenvalue weighted by Gasteiger charge is -2.28. The van der Waals surface area contributed by atoms with E-state index in [2.05, 4.69) is 26.6 Å². The van der Waals surface area contributed by atoms with Gasteiger partial charge >= 0.3 is 5.97 Å². The van der Waals surface area contributed by atoms with E-state index in [9.17, 15) is 38.4 Å². The number of amides is 7. The molecular formula is C32H60N10O9. The van der Waals surface area contributed by atoms with Crippen LogP contribution in [0.4, 0.5) is 0 Å². The number of carbonyl (C=O) groups is 8. The summed E-state index contributed by atoms with van der Waals surface area (Å²) >= 11 is 0. The van der Waals surface area contributed by atoms with Gasteiger partial charge in [-0.15, -0.1) is 0 Å². The van der Waals surface area contributed by atoms with Crippen LogP contribution in [0.2, 0.25) is 0 Å². The van der Waals surface area contributed by atoms with E-state index in [0.717, 1.165) is 0 Å². The molecule has 15 N–H and O–H groups in total. The minimum Gasteiger partial charge on any atom is -0.480 e. The molecule has 19 heteroatoms. The zero-order chi connectivity index (χ0) is 39.3. The minimum atomic E-state index is -1.52. The number of carbonyl (C=O) groups excluding carboxylic acids is 7. The van der Waals surface area contributed by atoms with E-state index >= 15 is 0 Å². The summed E-state index contributed by atoms with van der Waals surface area (Å²) < 4.78 is 0. The normalized spacial score (nSPS) is 14.6. The lowest BCUT2D eigenvalue weighted by atomic mass is 9.99. The van der Waals surface area contributed by atoms with Gasteiger partial charge in [-0.05, 0) is 76.8 Å². The van der Waals surface area contributed by atoms with Gasteiger partial charge in [0.25, 0.3) is 0 Å². The predicted octanol–water partition coefficient (Wildman–Crippen LogP) is -3.21. The van der Waals surface area contributed by atoms with Gasteiger partial charge < -0.3 is 59.9 Å². The molecule has 0 fully saturated rings. The molecule has 0 saturated heterocycles. The van der Waals surface area contributed by atoms with E-state index in [1.54, 1.807) is 13.8 Å². The Hall–Kier alpha value is -4.36. The minimum absolute atomic E-state index is 0.118. The maximum absolute atomic E-state index is 13.6. The molecule has 0 rings (SSSR count). The van der Waals surface area contributed by atoms with E-state index in [0.29, 0.717) is 45.2 Å². The molecule has 0 spiro atoms. The third kappa shape index (κ3) is 19.6. The molecule has 0 aromatic heterocycles. The van der Waals surface area contributed by atoms with Crippen LogP contribution in [0.15, 0.2) is 0 Å². The molecule has 0 aliphatic heterocycles. The van der Waals surface area contributed by atoms with Crippen molar-refractivity contribution in [2.24, 2.45) is 34.8 Å². The van der Waals surface area contributed by atoms with Crippen LogP contribution in [0.3, 0.4) is 0 Å². The Balaban J connectivity index is 5.96. The molecule has 0 radical (unpaired) electrons. The van der Waals surface area contributed by atoms with E-state index in [4.69, 9.17) is 28.0 Å². The Bertz CT molecular complexity index is 1180. The van der Waals surface area contributed by atoms with Crippen LogP contribution in [0.25, 0.3) is 0 Å². The smallest absolute Gasteiger partial charge is 0.322 e. The Morgan fingerprint density at radius 1 is 0.608 bits per heavy atom. The van der Waals surface area contributed by atoms with Gasteiger partial charge in [0.2, 0.25) is 41.4 Å². The van der Waals surface area contributed by atoms with Crippen LogP contribution in [-0.4, -0.2) is 108 Å². The van der Waals surface area contributed by atoms with Gasteiger partial charge in [-0.3, -0.25) is 38.4 Å². The van der Waals surface area contributed by atoms with Gasteiger partial charge in [0.1, 0.15) is 36.8 Å². The van der Waals surface area contributed by atoms with Crippen LogP contribution in [0.5, 0.6) is 0 Å². The molecule has 0 aromatic rings. The van der Waals surface area contributed by atoms with E-state index < -0.39 is 96.5 Å². The third-order valence-electron chi connectivity index (χ3n) is 7.67. The lowest BCUT2D eigenvalue weighted by molar-refractivity contribution is -0.138. The second-order valence-corrected chi connectivity index (χ2v) is 13.2. The first kappa shape index (κ1) is 46.6. The first-order chi connectivity index (χ1) is 23.8. The summed E-state index contributed by atoms with van der Waals surface area (Å²) in [7, 11) is 0. The molecule has 0 aliphatic carbocycles. The molecule has 7 amide bonds. The monoisotopic (exact) mass is 728 g/mol. The Kier molecular flexibility index (Phi) is 22.6. The van der Waals surface area contributed by atoms with Crippen molar-refractivity contribution in [3.8, 4) is 0 Å². The Labute approximate surface area is 299 Å².